The predicted molar refractivity (Wildman–Crippen MR) is 269 cm³/mol. The van der Waals surface area contributed by atoms with Gasteiger partial charge < -0.3 is 51.8 Å². The molecule has 384 valence electrons. The van der Waals surface area contributed by atoms with Crippen molar-refractivity contribution in [1.82, 2.24) is 36.0 Å². The van der Waals surface area contributed by atoms with E-state index in [1.54, 1.807) is 35.2 Å². The highest BCUT2D eigenvalue weighted by Crippen LogP contribution is 2.43. The normalized spacial score (nSPS) is 23.8. The van der Waals surface area contributed by atoms with E-state index in [1.165, 1.54) is 23.1 Å². The number of likely N-dealkylation sites (tertiary alicyclic amines) is 1. The third kappa shape index (κ3) is 12.1. The maximum atomic E-state index is 15.1. The van der Waals surface area contributed by atoms with Crippen LogP contribution in [0.1, 0.15) is 137 Å². The Morgan fingerprint density at radius 2 is 1.47 bits per heavy atom. The van der Waals surface area contributed by atoms with Crippen molar-refractivity contribution in [2.45, 2.75) is 119 Å². The van der Waals surface area contributed by atoms with Gasteiger partial charge in [0.1, 0.15) is 11.9 Å². The summed E-state index contributed by atoms with van der Waals surface area (Å²) in [6.07, 6.45) is 12.0. The Bertz CT molecular complexity index is 2510. The molecule has 10 rings (SSSR count). The average Bonchev–Trinajstić information content (AvgIpc) is 4.26. The molecule has 72 heavy (non-hydrogen) atoms. The summed E-state index contributed by atoms with van der Waals surface area (Å²) in [5.74, 6) is -2.10. The first-order valence-corrected chi connectivity index (χ1v) is 26.2. The van der Waals surface area contributed by atoms with Crippen LogP contribution < -0.4 is 27.0 Å². The van der Waals surface area contributed by atoms with E-state index in [0.717, 1.165) is 82.7 Å². The molecule has 0 spiro atoms. The smallest absolute Gasteiger partial charge is 0.256 e. The number of hydrogen-bond acceptors (Lipinski definition) is 10. The van der Waals surface area contributed by atoms with Crippen molar-refractivity contribution >= 4 is 41.2 Å². The second-order valence-corrected chi connectivity index (χ2v) is 21.2. The molecule has 7 fully saturated rings. The summed E-state index contributed by atoms with van der Waals surface area (Å²) >= 11 is 0. The van der Waals surface area contributed by atoms with Crippen LogP contribution >= 0.6 is 0 Å². The molecule has 7 N–H and O–H groups in total. The molecule has 4 aliphatic heterocycles. The maximum absolute atomic E-state index is 15.1. The molecule has 3 saturated carbocycles. The van der Waals surface area contributed by atoms with E-state index in [-0.39, 0.29) is 83.9 Å². The van der Waals surface area contributed by atoms with E-state index in [2.05, 4.69) is 21.3 Å². The molecule has 3 aromatic rings. The van der Waals surface area contributed by atoms with E-state index in [9.17, 15) is 28.8 Å². The van der Waals surface area contributed by atoms with Gasteiger partial charge in [0, 0.05) is 92.1 Å². The standard InChI is InChI=1S/C55H70FN9O7/c56-45-18-15-36(29-46(57)42-13-4-5-14-43(42)50(58)68)28-44(45)53(71)64-26-24-63(25-27-64)48(67)32-61-54-19-21-55(22-20-54,72-35-54)34-60-52(70)49(37-8-2-1-3-9-37)62-51(69)39-11-6-10-38(30-39)40-12-7-23-65(33-40)47(66)31-59-41-16-17-41/h4-6,10-11,13-15,18,28,30,37,40-41,49,57,59,61H,1-3,7-9,12,16-17,19-27,29,31-35H2,(H2,58,68)(H,60,70)(H,62,69)/t40?,49-,54?,55?/m1/s1. The zero-order chi connectivity index (χ0) is 50.4. The Labute approximate surface area is 421 Å². The highest BCUT2D eigenvalue weighted by molar-refractivity contribution is 6.09. The Morgan fingerprint density at radius 1 is 0.750 bits per heavy atom. The highest BCUT2D eigenvalue weighted by atomic mass is 19.1. The third-order valence-electron chi connectivity index (χ3n) is 16.3. The first kappa shape index (κ1) is 50.9. The lowest BCUT2D eigenvalue weighted by molar-refractivity contribution is -0.163. The Balaban J connectivity index is 0.730. The van der Waals surface area contributed by atoms with E-state index in [4.69, 9.17) is 15.9 Å². The minimum atomic E-state index is -0.682. The Kier molecular flexibility index (Phi) is 15.8. The molecule has 0 aromatic heterocycles. The van der Waals surface area contributed by atoms with Crippen molar-refractivity contribution < 1.29 is 37.9 Å². The summed E-state index contributed by atoms with van der Waals surface area (Å²) in [4.78, 5) is 85.3. The minimum absolute atomic E-state index is 0.0244. The van der Waals surface area contributed by atoms with E-state index in [0.29, 0.717) is 74.9 Å². The van der Waals surface area contributed by atoms with Gasteiger partial charge in [-0.05, 0) is 112 Å². The quantitative estimate of drug-likeness (QED) is 0.0992. The van der Waals surface area contributed by atoms with Gasteiger partial charge in [0.2, 0.25) is 23.6 Å². The van der Waals surface area contributed by atoms with Gasteiger partial charge >= 0.3 is 0 Å². The molecular weight excluding hydrogens is 918 g/mol. The fourth-order valence-corrected chi connectivity index (χ4v) is 11.5. The average molecular weight is 988 g/mol. The topological polar surface area (TPSA) is 219 Å². The van der Waals surface area contributed by atoms with Gasteiger partial charge in [0.15, 0.2) is 0 Å². The molecule has 2 bridgehead atoms. The van der Waals surface area contributed by atoms with Crippen LogP contribution in [0.3, 0.4) is 0 Å². The summed E-state index contributed by atoms with van der Waals surface area (Å²) in [5.41, 5.74) is 7.26. The molecule has 4 heterocycles. The Hall–Kier alpha value is -6.04. The molecule has 2 atom stereocenters. The monoisotopic (exact) mass is 988 g/mol. The van der Waals surface area contributed by atoms with Crippen molar-refractivity contribution in [3.8, 4) is 0 Å². The third-order valence-corrected chi connectivity index (χ3v) is 16.3. The summed E-state index contributed by atoms with van der Waals surface area (Å²) in [5, 5.41) is 21.8. The number of carbonyl (C=O) groups excluding carboxylic acids is 6. The molecule has 0 radical (unpaired) electrons. The largest absolute Gasteiger partial charge is 0.371 e. The maximum Gasteiger partial charge on any atom is 0.256 e. The second-order valence-electron chi connectivity index (χ2n) is 21.2. The number of piperazine rings is 1. The Morgan fingerprint density at radius 3 is 2.18 bits per heavy atom. The molecule has 3 aliphatic carbocycles. The fraction of sp³-hybridized carbons (Fsp3) is 0.545. The van der Waals surface area contributed by atoms with E-state index < -0.39 is 29.3 Å². The summed E-state index contributed by atoms with van der Waals surface area (Å²) in [7, 11) is 0. The number of fused-ring (bicyclic) bond motifs is 3. The second kappa shape index (κ2) is 22.4. The van der Waals surface area contributed by atoms with E-state index >= 15 is 4.39 Å². The summed E-state index contributed by atoms with van der Waals surface area (Å²) in [6, 6.07) is 18.2. The number of hydrogen-bond donors (Lipinski definition) is 6. The van der Waals surface area contributed by atoms with Crippen molar-refractivity contribution in [1.29, 1.82) is 5.41 Å². The van der Waals surface area contributed by atoms with Crippen LogP contribution in [0.15, 0.2) is 66.7 Å². The van der Waals surface area contributed by atoms with Gasteiger partial charge in [-0.15, -0.1) is 0 Å². The van der Waals surface area contributed by atoms with Gasteiger partial charge in [0.05, 0.1) is 30.9 Å². The number of piperidine rings is 1. The van der Waals surface area contributed by atoms with Crippen LogP contribution in [-0.4, -0.2) is 145 Å². The number of nitrogens with one attached hydrogen (secondary N) is 5. The van der Waals surface area contributed by atoms with Crippen molar-refractivity contribution in [2.75, 3.05) is 65.5 Å². The number of nitrogens with zero attached hydrogens (tertiary/aromatic N) is 3. The zero-order valence-corrected chi connectivity index (χ0v) is 41.3. The van der Waals surface area contributed by atoms with Gasteiger partial charge in [-0.1, -0.05) is 55.7 Å². The molecule has 4 saturated heterocycles. The van der Waals surface area contributed by atoms with Crippen LogP contribution in [0.4, 0.5) is 4.39 Å². The lowest BCUT2D eigenvalue weighted by atomic mass is 9.71. The van der Waals surface area contributed by atoms with Crippen LogP contribution in [-0.2, 0) is 25.5 Å². The molecule has 3 aromatic carbocycles. The van der Waals surface area contributed by atoms with Crippen LogP contribution in [0.25, 0.3) is 0 Å². The number of ether oxygens (including phenoxy) is 1. The van der Waals surface area contributed by atoms with Gasteiger partial charge in [-0.25, -0.2) is 4.39 Å². The number of carbonyl (C=O) groups is 6. The first-order chi connectivity index (χ1) is 34.8. The number of rotatable bonds is 18. The van der Waals surface area contributed by atoms with Crippen LogP contribution in [0.5, 0.6) is 0 Å². The molecule has 16 nitrogen and oxygen atoms in total. The molecule has 7 aliphatic rings. The highest BCUT2D eigenvalue weighted by Gasteiger charge is 2.50. The van der Waals surface area contributed by atoms with E-state index in [1.807, 2.05) is 23.1 Å². The number of amides is 6. The SMILES string of the molecule is N=C(Cc1ccc(F)c(C(=O)N2CCN(C(=O)CNC34CCC(CNC(=O)[C@H](NC(=O)c5cccc(C6CCCN(C(=O)CNC7CC7)C6)c5)C5CCCCC5)(CC3)OC4)CC2)c1)c1ccccc1C(N)=O. The fourth-order valence-electron chi connectivity index (χ4n) is 11.5. The first-order valence-electron chi connectivity index (χ1n) is 26.2. The van der Waals surface area contributed by atoms with Gasteiger partial charge in [0.25, 0.3) is 11.8 Å². The predicted octanol–water partition coefficient (Wildman–Crippen LogP) is 4.44. The zero-order valence-electron chi connectivity index (χ0n) is 41.3. The number of primary amides is 1. The lowest BCUT2D eigenvalue weighted by Gasteiger charge is -2.53. The molecular formula is C55H70FN9O7. The number of halogens is 1. The van der Waals surface area contributed by atoms with Crippen molar-refractivity contribution in [3.05, 3.63) is 106 Å². The lowest BCUT2D eigenvalue weighted by Crippen LogP contribution is -2.66. The van der Waals surface area contributed by atoms with Crippen LogP contribution in [0, 0.1) is 17.1 Å². The minimum Gasteiger partial charge on any atom is -0.371 e. The van der Waals surface area contributed by atoms with Crippen molar-refractivity contribution in [2.24, 2.45) is 11.7 Å². The van der Waals surface area contributed by atoms with Crippen molar-refractivity contribution in [3.63, 3.8) is 0 Å². The van der Waals surface area contributed by atoms with Gasteiger partial charge in [-0.3, -0.25) is 28.8 Å². The van der Waals surface area contributed by atoms with Crippen LogP contribution in [0.2, 0.25) is 0 Å². The summed E-state index contributed by atoms with van der Waals surface area (Å²) < 4.78 is 21.6. The van der Waals surface area contributed by atoms with Gasteiger partial charge in [-0.2, -0.15) is 0 Å². The number of nitrogens with two attached hydrogens (primary N) is 1. The molecule has 1 unspecified atom stereocenters. The summed E-state index contributed by atoms with van der Waals surface area (Å²) in [6.45, 7) is 3.63. The molecule has 17 heteroatoms. The molecule has 6 amide bonds. The number of benzene rings is 3.